The lowest BCUT2D eigenvalue weighted by Gasteiger charge is -2.26. The van der Waals surface area contributed by atoms with Gasteiger partial charge in [0.25, 0.3) is 0 Å². The number of carbonyl (C=O) groups is 1. The molecule has 0 aromatic heterocycles. The molecule has 1 saturated carbocycles. The van der Waals surface area contributed by atoms with Crippen LogP contribution in [0.25, 0.3) is 0 Å². The lowest BCUT2D eigenvalue weighted by Crippen LogP contribution is -2.27. The molecular formula is C13H11F5O2. The molecule has 20 heavy (non-hydrogen) atoms. The van der Waals surface area contributed by atoms with Crippen LogP contribution in [0.15, 0.2) is 0 Å². The highest BCUT2D eigenvalue weighted by Gasteiger charge is 2.37. The van der Waals surface area contributed by atoms with Crippen LogP contribution in [-0.2, 0) is 4.79 Å². The maximum Gasteiger partial charge on any atom is 0.200 e. The fraction of sp³-hybridized carbons (Fsp3) is 0.462. The highest BCUT2D eigenvalue weighted by molar-refractivity contribution is 5.82. The molecule has 0 aliphatic heterocycles. The maximum absolute atomic E-state index is 13.5. The van der Waals surface area contributed by atoms with Gasteiger partial charge in [0.2, 0.25) is 5.82 Å². The minimum atomic E-state index is -2.29. The standard InChI is InChI=1S/C13H11F5O2/c14-8-7(9(15)11(17)12(18)10(8)16)13(20)5-3-1-2-4-6(5)19/h5,13,20H,1-4H2/t5-,13-/m1/s1. The highest BCUT2D eigenvalue weighted by atomic mass is 19.2. The summed E-state index contributed by atoms with van der Waals surface area (Å²) in [5.74, 6) is -12.3. The zero-order valence-corrected chi connectivity index (χ0v) is 10.2. The summed E-state index contributed by atoms with van der Waals surface area (Å²) in [5, 5.41) is 9.86. The maximum atomic E-state index is 13.5. The van der Waals surface area contributed by atoms with E-state index in [2.05, 4.69) is 0 Å². The molecule has 2 nitrogen and oxygen atoms in total. The Labute approximate surface area is 111 Å². The second-order valence-electron chi connectivity index (χ2n) is 4.75. The number of aliphatic hydroxyl groups excluding tert-OH is 1. The summed E-state index contributed by atoms with van der Waals surface area (Å²) in [6, 6.07) is 0. The molecule has 2 rings (SSSR count). The van der Waals surface area contributed by atoms with E-state index in [1.165, 1.54) is 0 Å². The molecule has 0 bridgehead atoms. The predicted molar refractivity (Wildman–Crippen MR) is 58.2 cm³/mol. The Morgan fingerprint density at radius 3 is 1.90 bits per heavy atom. The molecule has 1 aliphatic rings. The van der Waals surface area contributed by atoms with Crippen molar-refractivity contribution < 1.29 is 31.9 Å². The summed E-state index contributed by atoms with van der Waals surface area (Å²) >= 11 is 0. The van der Waals surface area contributed by atoms with Crippen molar-refractivity contribution in [1.29, 1.82) is 0 Å². The lowest BCUT2D eigenvalue weighted by molar-refractivity contribution is -0.128. The Hall–Kier alpha value is -1.50. The van der Waals surface area contributed by atoms with Gasteiger partial charge >= 0.3 is 0 Å². The van der Waals surface area contributed by atoms with Crippen LogP contribution in [-0.4, -0.2) is 10.9 Å². The minimum absolute atomic E-state index is 0.122. The largest absolute Gasteiger partial charge is 0.387 e. The number of ketones is 1. The first-order chi connectivity index (χ1) is 9.36. The van der Waals surface area contributed by atoms with Crippen LogP contribution in [0, 0.1) is 35.0 Å². The molecule has 0 saturated heterocycles. The third-order valence-electron chi connectivity index (χ3n) is 3.52. The molecule has 1 aromatic rings. The monoisotopic (exact) mass is 294 g/mol. The molecule has 110 valence electrons. The molecule has 0 radical (unpaired) electrons. The van der Waals surface area contributed by atoms with E-state index >= 15 is 0 Å². The number of halogens is 5. The quantitative estimate of drug-likeness (QED) is 0.517. The van der Waals surface area contributed by atoms with Crippen LogP contribution in [0.5, 0.6) is 0 Å². The second kappa shape index (κ2) is 5.47. The molecular weight excluding hydrogens is 283 g/mol. The van der Waals surface area contributed by atoms with E-state index in [9.17, 15) is 31.9 Å². The number of benzene rings is 1. The molecule has 7 heteroatoms. The van der Waals surface area contributed by atoms with E-state index in [4.69, 9.17) is 0 Å². The van der Waals surface area contributed by atoms with Gasteiger partial charge in [0.15, 0.2) is 23.3 Å². The van der Waals surface area contributed by atoms with Crippen molar-refractivity contribution in [2.24, 2.45) is 5.92 Å². The van der Waals surface area contributed by atoms with Gasteiger partial charge in [0.1, 0.15) is 5.78 Å². The molecule has 2 atom stereocenters. The average molecular weight is 294 g/mol. The highest BCUT2D eigenvalue weighted by Crippen LogP contribution is 2.36. The summed E-state index contributed by atoms with van der Waals surface area (Å²) in [6.45, 7) is 0. The Morgan fingerprint density at radius 1 is 0.900 bits per heavy atom. The van der Waals surface area contributed by atoms with Gasteiger partial charge in [0.05, 0.1) is 11.7 Å². The van der Waals surface area contributed by atoms with Gasteiger partial charge in [0, 0.05) is 12.3 Å². The summed E-state index contributed by atoms with van der Waals surface area (Å²) in [6.07, 6.45) is -0.633. The molecule has 1 aliphatic carbocycles. The SMILES string of the molecule is O=C1CCCC[C@H]1[C@@H](O)c1c(F)c(F)c(F)c(F)c1F. The third kappa shape index (κ3) is 2.30. The Bertz CT molecular complexity index is 529. The summed E-state index contributed by atoms with van der Waals surface area (Å²) < 4.78 is 66.1. The van der Waals surface area contributed by atoms with E-state index in [1.54, 1.807) is 0 Å². The normalized spacial score (nSPS) is 21.1. The molecule has 0 heterocycles. The fourth-order valence-corrected chi connectivity index (χ4v) is 2.43. The zero-order valence-electron chi connectivity index (χ0n) is 10.2. The van der Waals surface area contributed by atoms with Crippen LogP contribution in [0.1, 0.15) is 37.4 Å². The van der Waals surface area contributed by atoms with Crippen molar-refractivity contribution in [3.8, 4) is 0 Å². The number of hydrogen-bond acceptors (Lipinski definition) is 2. The summed E-state index contributed by atoms with van der Waals surface area (Å²) in [4.78, 5) is 11.6. The van der Waals surface area contributed by atoms with Crippen LogP contribution in [0.3, 0.4) is 0 Å². The van der Waals surface area contributed by atoms with E-state index in [0.717, 1.165) is 0 Å². The number of rotatable bonds is 2. The summed E-state index contributed by atoms with van der Waals surface area (Å²) in [5.41, 5.74) is -1.33. The molecule has 0 unspecified atom stereocenters. The molecule has 1 N–H and O–H groups in total. The Kier molecular flexibility index (Phi) is 4.08. The van der Waals surface area contributed by atoms with Gasteiger partial charge in [-0.2, -0.15) is 0 Å². The van der Waals surface area contributed by atoms with E-state index in [-0.39, 0.29) is 12.8 Å². The fourth-order valence-electron chi connectivity index (χ4n) is 2.43. The number of hydrogen-bond donors (Lipinski definition) is 1. The van der Waals surface area contributed by atoms with Crippen molar-refractivity contribution in [2.75, 3.05) is 0 Å². The molecule has 1 aromatic carbocycles. The van der Waals surface area contributed by atoms with Crippen LogP contribution in [0.2, 0.25) is 0 Å². The number of aliphatic hydroxyl groups is 1. The van der Waals surface area contributed by atoms with Crippen molar-refractivity contribution in [3.63, 3.8) is 0 Å². The van der Waals surface area contributed by atoms with Crippen LogP contribution in [0.4, 0.5) is 22.0 Å². The minimum Gasteiger partial charge on any atom is -0.387 e. The van der Waals surface area contributed by atoms with Crippen LogP contribution >= 0.6 is 0 Å². The van der Waals surface area contributed by atoms with Crippen LogP contribution < -0.4 is 0 Å². The van der Waals surface area contributed by atoms with Gasteiger partial charge in [-0.1, -0.05) is 6.42 Å². The van der Waals surface area contributed by atoms with Gasteiger partial charge < -0.3 is 5.11 Å². The number of Topliss-reactive ketones (excluding diaryl/α,β-unsaturated/α-hetero) is 1. The van der Waals surface area contributed by atoms with Crippen molar-refractivity contribution in [3.05, 3.63) is 34.6 Å². The molecule has 1 fully saturated rings. The topological polar surface area (TPSA) is 37.3 Å². The Morgan fingerprint density at radius 2 is 1.40 bits per heavy atom. The van der Waals surface area contributed by atoms with Gasteiger partial charge in [-0.25, -0.2) is 22.0 Å². The van der Waals surface area contributed by atoms with Gasteiger partial charge in [-0.15, -0.1) is 0 Å². The zero-order chi connectivity index (χ0) is 15.0. The van der Waals surface area contributed by atoms with E-state index < -0.39 is 52.5 Å². The first kappa shape index (κ1) is 14.9. The van der Waals surface area contributed by atoms with Crippen molar-refractivity contribution in [2.45, 2.75) is 31.8 Å². The predicted octanol–water partition coefficient (Wildman–Crippen LogP) is 3.17. The number of carbonyl (C=O) groups excluding carboxylic acids is 1. The third-order valence-corrected chi connectivity index (χ3v) is 3.52. The lowest BCUT2D eigenvalue weighted by atomic mass is 9.81. The molecule has 0 amide bonds. The van der Waals surface area contributed by atoms with Gasteiger partial charge in [-0.3, -0.25) is 4.79 Å². The second-order valence-corrected chi connectivity index (χ2v) is 4.75. The first-order valence-electron chi connectivity index (χ1n) is 6.08. The Balaban J connectivity index is 2.49. The molecule has 0 spiro atoms. The van der Waals surface area contributed by atoms with E-state index in [0.29, 0.717) is 12.8 Å². The van der Waals surface area contributed by atoms with Crippen molar-refractivity contribution in [1.82, 2.24) is 0 Å². The first-order valence-corrected chi connectivity index (χ1v) is 6.08. The van der Waals surface area contributed by atoms with Crippen molar-refractivity contribution >= 4 is 5.78 Å². The smallest absolute Gasteiger partial charge is 0.200 e. The average Bonchev–Trinajstić information content (AvgIpc) is 2.43. The van der Waals surface area contributed by atoms with E-state index in [1.807, 2.05) is 0 Å². The summed E-state index contributed by atoms with van der Waals surface area (Å²) in [7, 11) is 0. The van der Waals surface area contributed by atoms with Gasteiger partial charge in [-0.05, 0) is 12.8 Å².